The summed E-state index contributed by atoms with van der Waals surface area (Å²) in [4.78, 5) is 9.28. The van der Waals surface area contributed by atoms with E-state index in [4.69, 9.17) is 15.0 Å². The Bertz CT molecular complexity index is 501. The quantitative estimate of drug-likeness (QED) is 0.769. The van der Waals surface area contributed by atoms with E-state index in [-0.39, 0.29) is 24.8 Å². The lowest BCUT2D eigenvalue weighted by Crippen LogP contribution is -2.46. The molecule has 1 aromatic heterocycles. The summed E-state index contributed by atoms with van der Waals surface area (Å²) in [7, 11) is 0. The van der Waals surface area contributed by atoms with Gasteiger partial charge in [0.05, 0.1) is 25.3 Å². The lowest BCUT2D eigenvalue weighted by atomic mass is 9.93. The molecule has 2 saturated heterocycles. The van der Waals surface area contributed by atoms with Gasteiger partial charge >= 0.3 is 0 Å². The van der Waals surface area contributed by atoms with Crippen LogP contribution in [0, 0.1) is 5.92 Å². The van der Waals surface area contributed by atoms with Crippen LogP contribution in [0.4, 0.5) is 0 Å². The van der Waals surface area contributed by atoms with Crippen LogP contribution in [0.25, 0.3) is 0 Å². The third kappa shape index (κ3) is 6.94. The number of morpholine rings is 1. The Morgan fingerprint density at radius 3 is 2.31 bits per heavy atom. The molecule has 9 heteroatoms. The van der Waals surface area contributed by atoms with Crippen LogP contribution in [-0.4, -0.2) is 64.9 Å². The molecule has 3 heterocycles. The number of halogens is 2. The molecule has 0 radical (unpaired) electrons. The fourth-order valence-electron chi connectivity index (χ4n) is 3.90. The van der Waals surface area contributed by atoms with Gasteiger partial charge in [-0.15, -0.1) is 24.8 Å². The van der Waals surface area contributed by atoms with Crippen LogP contribution in [0.1, 0.15) is 44.8 Å². The van der Waals surface area contributed by atoms with E-state index in [1.165, 1.54) is 25.8 Å². The van der Waals surface area contributed by atoms with E-state index in [0.717, 1.165) is 44.5 Å². The molecule has 26 heavy (non-hydrogen) atoms. The average Bonchev–Trinajstić information content (AvgIpc) is 3.01. The second kappa shape index (κ2) is 11.4. The fourth-order valence-corrected chi connectivity index (χ4v) is 3.90. The van der Waals surface area contributed by atoms with Crippen LogP contribution in [0.15, 0.2) is 4.52 Å². The first-order valence-corrected chi connectivity index (χ1v) is 9.24. The van der Waals surface area contributed by atoms with Gasteiger partial charge in [0.25, 0.3) is 0 Å². The molecular weight excluding hydrogens is 377 g/mol. The predicted octanol–water partition coefficient (Wildman–Crippen LogP) is 2.08. The molecule has 0 bridgehead atoms. The summed E-state index contributed by atoms with van der Waals surface area (Å²) in [5.74, 6) is 2.11. The number of hydrogen-bond acceptors (Lipinski definition) is 7. The highest BCUT2D eigenvalue weighted by Gasteiger charge is 2.24. The highest BCUT2D eigenvalue weighted by molar-refractivity contribution is 5.85. The molecule has 0 amide bonds. The Morgan fingerprint density at radius 2 is 1.73 bits per heavy atom. The van der Waals surface area contributed by atoms with Crippen molar-refractivity contribution in [3.05, 3.63) is 11.7 Å². The Labute approximate surface area is 168 Å². The number of piperidine rings is 1. The number of nitrogens with zero attached hydrogens (tertiary/aromatic N) is 4. The Hall–Kier alpha value is -0.440. The molecule has 1 aromatic rings. The number of nitrogens with two attached hydrogens (primary N) is 1. The summed E-state index contributed by atoms with van der Waals surface area (Å²) in [5.41, 5.74) is 5.50. The maximum absolute atomic E-state index is 5.81. The van der Waals surface area contributed by atoms with Crippen molar-refractivity contribution in [3.63, 3.8) is 0 Å². The highest BCUT2D eigenvalue weighted by Crippen LogP contribution is 2.22. The minimum absolute atomic E-state index is 0. The Kier molecular flexibility index (Phi) is 10.4. The topological polar surface area (TPSA) is 80.7 Å². The zero-order valence-electron chi connectivity index (χ0n) is 15.8. The molecule has 7 nitrogen and oxygen atoms in total. The van der Waals surface area contributed by atoms with E-state index in [9.17, 15) is 0 Å². The summed E-state index contributed by atoms with van der Waals surface area (Å²) in [6, 6.07) is 0. The van der Waals surface area contributed by atoms with Crippen molar-refractivity contribution in [2.75, 3.05) is 32.7 Å². The second-order valence-electron chi connectivity index (χ2n) is 7.33. The van der Waals surface area contributed by atoms with E-state index in [1.807, 2.05) is 0 Å². The maximum Gasteiger partial charge on any atom is 0.240 e. The first kappa shape index (κ1) is 23.6. The Morgan fingerprint density at radius 1 is 1.08 bits per heavy atom. The molecule has 0 saturated carbocycles. The second-order valence-corrected chi connectivity index (χ2v) is 7.33. The van der Waals surface area contributed by atoms with Crippen molar-refractivity contribution >= 4 is 24.8 Å². The van der Waals surface area contributed by atoms with Crippen LogP contribution in [0.2, 0.25) is 0 Å². The van der Waals surface area contributed by atoms with E-state index < -0.39 is 0 Å². The van der Waals surface area contributed by atoms with Crippen molar-refractivity contribution in [2.24, 2.45) is 11.7 Å². The average molecular weight is 410 g/mol. The SMILES string of the molecule is CC1CN(CCC2CCN(Cc3noc(CN)n3)CC2)CC(C)O1.Cl.Cl. The van der Waals surface area contributed by atoms with Gasteiger partial charge in [0.15, 0.2) is 5.82 Å². The van der Waals surface area contributed by atoms with E-state index in [2.05, 4.69) is 33.8 Å². The van der Waals surface area contributed by atoms with Gasteiger partial charge < -0.3 is 15.0 Å². The summed E-state index contributed by atoms with van der Waals surface area (Å²) in [5, 5.41) is 3.99. The van der Waals surface area contributed by atoms with Crippen LogP contribution in [0.3, 0.4) is 0 Å². The zero-order valence-corrected chi connectivity index (χ0v) is 17.4. The van der Waals surface area contributed by atoms with Crippen LogP contribution in [0.5, 0.6) is 0 Å². The van der Waals surface area contributed by atoms with E-state index in [0.29, 0.717) is 24.6 Å². The third-order valence-electron chi connectivity index (χ3n) is 5.11. The smallest absolute Gasteiger partial charge is 0.240 e. The van der Waals surface area contributed by atoms with Gasteiger partial charge in [-0.3, -0.25) is 9.80 Å². The molecule has 2 atom stereocenters. The number of rotatable bonds is 6. The molecule has 0 aromatic carbocycles. The van der Waals surface area contributed by atoms with Gasteiger partial charge in [0.1, 0.15) is 0 Å². The van der Waals surface area contributed by atoms with Gasteiger partial charge in [0, 0.05) is 13.1 Å². The summed E-state index contributed by atoms with van der Waals surface area (Å²) in [6.45, 7) is 11.0. The van der Waals surface area contributed by atoms with E-state index in [1.54, 1.807) is 0 Å². The molecule has 2 unspecified atom stereocenters. The Balaban J connectivity index is 0.00000169. The number of hydrogen-bond donors (Lipinski definition) is 1. The first-order chi connectivity index (χ1) is 11.6. The monoisotopic (exact) mass is 409 g/mol. The molecule has 3 rings (SSSR count). The van der Waals surface area contributed by atoms with Gasteiger partial charge in [-0.05, 0) is 58.7 Å². The lowest BCUT2D eigenvalue weighted by molar-refractivity contribution is -0.0693. The molecular formula is C17H33Cl2N5O2. The van der Waals surface area contributed by atoms with E-state index >= 15 is 0 Å². The summed E-state index contributed by atoms with van der Waals surface area (Å²) in [6.07, 6.45) is 4.55. The molecule has 2 aliphatic heterocycles. The standard InChI is InChI=1S/C17H31N5O2.2ClH/c1-13-10-22(11-14(2)23-13)8-5-15-3-6-21(7-4-15)12-16-19-17(9-18)24-20-16;;/h13-15H,3-12,18H2,1-2H3;2*1H. The zero-order chi connectivity index (χ0) is 16.9. The van der Waals surface area contributed by atoms with Crippen LogP contribution in [-0.2, 0) is 17.8 Å². The van der Waals surface area contributed by atoms with Crippen LogP contribution < -0.4 is 5.73 Å². The van der Waals surface area contributed by atoms with Gasteiger partial charge in [-0.2, -0.15) is 4.98 Å². The molecule has 0 spiro atoms. The maximum atomic E-state index is 5.81. The largest absolute Gasteiger partial charge is 0.373 e. The van der Waals surface area contributed by atoms with Crippen molar-refractivity contribution < 1.29 is 9.26 Å². The minimum Gasteiger partial charge on any atom is -0.373 e. The number of aromatic nitrogens is 2. The minimum atomic E-state index is 0. The summed E-state index contributed by atoms with van der Waals surface area (Å²) < 4.78 is 10.9. The van der Waals surface area contributed by atoms with Gasteiger partial charge in [0.2, 0.25) is 5.89 Å². The van der Waals surface area contributed by atoms with Crippen molar-refractivity contribution in [1.82, 2.24) is 19.9 Å². The number of likely N-dealkylation sites (tertiary alicyclic amines) is 1. The van der Waals surface area contributed by atoms with Gasteiger partial charge in [-0.1, -0.05) is 5.16 Å². The first-order valence-electron chi connectivity index (χ1n) is 9.24. The fraction of sp³-hybridized carbons (Fsp3) is 0.882. The molecule has 2 N–H and O–H groups in total. The molecule has 2 aliphatic rings. The molecule has 2 fully saturated rings. The normalized spacial score (nSPS) is 25.5. The van der Waals surface area contributed by atoms with Gasteiger partial charge in [-0.25, -0.2) is 0 Å². The third-order valence-corrected chi connectivity index (χ3v) is 5.11. The van der Waals surface area contributed by atoms with Crippen molar-refractivity contribution in [2.45, 2.75) is 58.4 Å². The van der Waals surface area contributed by atoms with Crippen LogP contribution >= 0.6 is 24.8 Å². The highest BCUT2D eigenvalue weighted by atomic mass is 35.5. The molecule has 0 aliphatic carbocycles. The summed E-state index contributed by atoms with van der Waals surface area (Å²) >= 11 is 0. The van der Waals surface area contributed by atoms with Crippen molar-refractivity contribution in [1.29, 1.82) is 0 Å². The van der Waals surface area contributed by atoms with Crippen molar-refractivity contribution in [3.8, 4) is 0 Å². The number of ether oxygens (including phenoxy) is 1. The molecule has 152 valence electrons. The lowest BCUT2D eigenvalue weighted by Gasteiger charge is -2.37. The predicted molar refractivity (Wildman–Crippen MR) is 106 cm³/mol.